The highest BCUT2D eigenvalue weighted by Crippen LogP contribution is 2.36. The molecule has 0 fully saturated rings. The SMILES string of the molecule is CCN1C(=O)CSc2ccc(C(=O)C3=C(O)CCCC3=O)cc21. The molecule has 0 spiro atoms. The first-order chi connectivity index (χ1) is 11.0. The lowest BCUT2D eigenvalue weighted by Gasteiger charge is -2.28. The smallest absolute Gasteiger partial charge is 0.237 e. The maximum Gasteiger partial charge on any atom is 0.237 e. The summed E-state index contributed by atoms with van der Waals surface area (Å²) in [5.74, 6) is -0.506. The first-order valence-corrected chi connectivity index (χ1v) is 8.58. The number of hydrogen-bond donors (Lipinski definition) is 1. The van der Waals surface area contributed by atoms with Crippen molar-refractivity contribution in [2.45, 2.75) is 31.1 Å². The van der Waals surface area contributed by atoms with Crippen molar-refractivity contribution in [1.29, 1.82) is 0 Å². The third-order valence-corrected chi connectivity index (χ3v) is 5.14. The normalized spacial score (nSPS) is 18.2. The highest BCUT2D eigenvalue weighted by Gasteiger charge is 2.29. The van der Waals surface area contributed by atoms with Crippen molar-refractivity contribution in [3.8, 4) is 0 Å². The highest BCUT2D eigenvalue weighted by molar-refractivity contribution is 8.00. The number of anilines is 1. The Labute approximate surface area is 138 Å². The van der Waals surface area contributed by atoms with Crippen molar-refractivity contribution in [3.05, 3.63) is 35.1 Å². The third-order valence-electron chi connectivity index (χ3n) is 4.09. The molecule has 1 heterocycles. The van der Waals surface area contributed by atoms with Gasteiger partial charge in [-0.05, 0) is 31.5 Å². The maximum atomic E-state index is 12.6. The Balaban J connectivity index is 2.02. The zero-order valence-electron chi connectivity index (χ0n) is 12.8. The number of thioether (sulfide) groups is 1. The number of fused-ring (bicyclic) bond motifs is 1. The fraction of sp³-hybridized carbons (Fsp3) is 0.353. The van der Waals surface area contributed by atoms with Gasteiger partial charge in [0.2, 0.25) is 5.91 Å². The lowest BCUT2D eigenvalue weighted by molar-refractivity contribution is -0.117. The van der Waals surface area contributed by atoms with Crippen LogP contribution in [0.25, 0.3) is 0 Å². The number of hydrogen-bond acceptors (Lipinski definition) is 5. The Morgan fingerprint density at radius 2 is 2.09 bits per heavy atom. The van der Waals surface area contributed by atoms with Gasteiger partial charge in [-0.2, -0.15) is 0 Å². The van der Waals surface area contributed by atoms with E-state index in [1.807, 2.05) is 6.92 Å². The van der Waals surface area contributed by atoms with Gasteiger partial charge in [-0.3, -0.25) is 14.4 Å². The number of carbonyl (C=O) groups is 3. The van der Waals surface area contributed by atoms with Gasteiger partial charge in [0, 0.05) is 29.8 Å². The van der Waals surface area contributed by atoms with Crippen molar-refractivity contribution in [1.82, 2.24) is 0 Å². The minimum absolute atomic E-state index is 0.00500. The summed E-state index contributed by atoms with van der Waals surface area (Å²) in [6.45, 7) is 2.40. The number of amides is 1. The number of ketones is 2. The molecule has 23 heavy (non-hydrogen) atoms. The second-order valence-electron chi connectivity index (χ2n) is 5.54. The van der Waals surface area contributed by atoms with Crippen LogP contribution in [0.3, 0.4) is 0 Å². The molecule has 1 aromatic carbocycles. The molecular weight excluding hydrogens is 314 g/mol. The number of allylic oxidation sites excluding steroid dienone is 2. The summed E-state index contributed by atoms with van der Waals surface area (Å²) in [7, 11) is 0. The Morgan fingerprint density at radius 3 is 2.78 bits per heavy atom. The minimum atomic E-state index is -0.464. The zero-order valence-corrected chi connectivity index (χ0v) is 13.6. The number of aliphatic hydroxyl groups is 1. The van der Waals surface area contributed by atoms with Crippen molar-refractivity contribution < 1.29 is 19.5 Å². The van der Waals surface area contributed by atoms with Crippen LogP contribution in [-0.2, 0) is 9.59 Å². The van der Waals surface area contributed by atoms with Crippen molar-refractivity contribution >= 4 is 34.9 Å². The Kier molecular flexibility index (Phi) is 4.26. The van der Waals surface area contributed by atoms with Gasteiger partial charge in [-0.25, -0.2) is 0 Å². The van der Waals surface area contributed by atoms with Crippen LogP contribution < -0.4 is 4.90 Å². The molecule has 0 atom stereocenters. The Morgan fingerprint density at radius 1 is 1.30 bits per heavy atom. The van der Waals surface area contributed by atoms with Gasteiger partial charge in [0.05, 0.1) is 11.4 Å². The average Bonchev–Trinajstić information content (AvgIpc) is 2.54. The highest BCUT2D eigenvalue weighted by atomic mass is 32.2. The summed E-state index contributed by atoms with van der Waals surface area (Å²) < 4.78 is 0. The van der Waals surface area contributed by atoms with Crippen LogP contribution in [0.4, 0.5) is 5.69 Å². The van der Waals surface area contributed by atoms with Crippen molar-refractivity contribution in [3.63, 3.8) is 0 Å². The number of benzene rings is 1. The fourth-order valence-electron chi connectivity index (χ4n) is 2.92. The molecule has 2 aliphatic rings. The first kappa shape index (κ1) is 15.8. The van der Waals surface area contributed by atoms with Crippen LogP contribution in [0, 0.1) is 0 Å². The molecule has 5 nitrogen and oxygen atoms in total. The first-order valence-electron chi connectivity index (χ1n) is 7.60. The molecule has 0 bridgehead atoms. The maximum absolute atomic E-state index is 12.6. The minimum Gasteiger partial charge on any atom is -0.511 e. The molecule has 0 saturated carbocycles. The number of Topliss-reactive ketones (excluding diaryl/α,β-unsaturated/α-hetero) is 2. The molecule has 1 amide bonds. The van der Waals surface area contributed by atoms with E-state index in [-0.39, 0.29) is 29.4 Å². The number of nitrogens with zero attached hydrogens (tertiary/aromatic N) is 1. The second kappa shape index (κ2) is 6.20. The van der Waals surface area contributed by atoms with Crippen LogP contribution in [0.15, 0.2) is 34.4 Å². The van der Waals surface area contributed by atoms with Crippen molar-refractivity contribution in [2.24, 2.45) is 0 Å². The second-order valence-corrected chi connectivity index (χ2v) is 6.55. The molecule has 1 N–H and O–H groups in total. The summed E-state index contributed by atoms with van der Waals surface area (Å²) in [6, 6.07) is 5.10. The predicted octanol–water partition coefficient (Wildman–Crippen LogP) is 2.89. The number of rotatable bonds is 3. The summed E-state index contributed by atoms with van der Waals surface area (Å²) in [4.78, 5) is 39.2. The molecule has 0 aromatic heterocycles. The monoisotopic (exact) mass is 331 g/mol. The molecular formula is C17H17NO4S. The molecule has 0 radical (unpaired) electrons. The summed E-state index contributed by atoms with van der Waals surface area (Å²) in [6.07, 6.45) is 1.21. The van der Waals surface area contributed by atoms with Gasteiger partial charge in [0.15, 0.2) is 11.6 Å². The fourth-order valence-corrected chi connectivity index (χ4v) is 3.84. The Bertz CT molecular complexity index is 738. The van der Waals surface area contributed by atoms with Crippen LogP contribution >= 0.6 is 11.8 Å². The lowest BCUT2D eigenvalue weighted by Crippen LogP contribution is -2.35. The standard InChI is InChI=1S/C17H17NO4S/c1-2-18-11-8-10(6-7-14(11)23-9-15(18)21)17(22)16-12(19)4-3-5-13(16)20/h6-8,19H,2-5,9H2,1H3. The number of aliphatic hydroxyl groups excluding tert-OH is 1. The largest absolute Gasteiger partial charge is 0.511 e. The molecule has 0 unspecified atom stereocenters. The summed E-state index contributed by atoms with van der Waals surface area (Å²) >= 11 is 1.44. The topological polar surface area (TPSA) is 74.7 Å². The van der Waals surface area contributed by atoms with E-state index in [0.29, 0.717) is 36.4 Å². The van der Waals surface area contributed by atoms with Crippen LogP contribution in [-0.4, -0.2) is 34.9 Å². The summed E-state index contributed by atoms with van der Waals surface area (Å²) in [5, 5.41) is 9.92. The number of carbonyl (C=O) groups excluding carboxylic acids is 3. The molecule has 1 aromatic rings. The molecule has 120 valence electrons. The third kappa shape index (κ3) is 2.79. The Hall–Kier alpha value is -2.08. The molecule has 1 aliphatic carbocycles. The van der Waals surface area contributed by atoms with E-state index in [0.717, 1.165) is 4.90 Å². The van der Waals surface area contributed by atoms with E-state index in [1.54, 1.807) is 23.1 Å². The van der Waals surface area contributed by atoms with Gasteiger partial charge in [0.1, 0.15) is 11.3 Å². The van der Waals surface area contributed by atoms with Gasteiger partial charge in [0.25, 0.3) is 0 Å². The average molecular weight is 331 g/mol. The van der Waals surface area contributed by atoms with E-state index >= 15 is 0 Å². The van der Waals surface area contributed by atoms with Crippen LogP contribution in [0.1, 0.15) is 36.5 Å². The van der Waals surface area contributed by atoms with Crippen LogP contribution in [0.5, 0.6) is 0 Å². The van der Waals surface area contributed by atoms with Gasteiger partial charge in [-0.1, -0.05) is 0 Å². The van der Waals surface area contributed by atoms with Crippen LogP contribution in [0.2, 0.25) is 0 Å². The molecule has 6 heteroatoms. The van der Waals surface area contributed by atoms with E-state index in [4.69, 9.17) is 0 Å². The van der Waals surface area contributed by atoms with Gasteiger partial charge in [-0.15, -0.1) is 11.8 Å². The van der Waals surface area contributed by atoms with E-state index in [9.17, 15) is 19.5 Å². The zero-order chi connectivity index (χ0) is 16.6. The quantitative estimate of drug-likeness (QED) is 0.681. The van der Waals surface area contributed by atoms with E-state index in [1.165, 1.54) is 11.8 Å². The molecule has 1 aliphatic heterocycles. The van der Waals surface area contributed by atoms with Gasteiger partial charge >= 0.3 is 0 Å². The van der Waals surface area contributed by atoms with E-state index < -0.39 is 5.78 Å². The molecule has 3 rings (SSSR count). The van der Waals surface area contributed by atoms with Crippen molar-refractivity contribution in [2.75, 3.05) is 17.2 Å². The van der Waals surface area contributed by atoms with E-state index in [2.05, 4.69) is 0 Å². The predicted molar refractivity (Wildman–Crippen MR) is 88.0 cm³/mol. The molecule has 0 saturated heterocycles. The summed E-state index contributed by atoms with van der Waals surface area (Å²) in [5.41, 5.74) is 0.922. The lowest BCUT2D eigenvalue weighted by atomic mass is 9.90. The van der Waals surface area contributed by atoms with Gasteiger partial charge < -0.3 is 10.0 Å².